The van der Waals surface area contributed by atoms with Crippen molar-refractivity contribution in [3.8, 4) is 0 Å². The summed E-state index contributed by atoms with van der Waals surface area (Å²) in [5.41, 5.74) is 3.49. The van der Waals surface area contributed by atoms with E-state index in [2.05, 4.69) is 57.2 Å². The average molecular weight is 295 g/mol. The number of benzene rings is 1. The number of aliphatic hydroxyl groups is 1. The van der Waals surface area contributed by atoms with Gasteiger partial charge in [0.05, 0.1) is 6.10 Å². The van der Waals surface area contributed by atoms with E-state index in [0.717, 1.165) is 18.5 Å². The Morgan fingerprint density at radius 3 is 2.30 bits per heavy atom. The lowest BCUT2D eigenvalue weighted by atomic mass is 10.0. The molecule has 20 heavy (non-hydrogen) atoms. The summed E-state index contributed by atoms with van der Waals surface area (Å²) in [6, 6.07) is 6.91. The minimum absolute atomic E-state index is 0.358. The fraction of sp³-hybridized carbons (Fsp3) is 0.647. The molecule has 0 saturated carbocycles. The van der Waals surface area contributed by atoms with Crippen LogP contribution in [0.15, 0.2) is 18.2 Å². The summed E-state index contributed by atoms with van der Waals surface area (Å²) in [5, 5.41) is 10.3. The highest BCUT2D eigenvalue weighted by Crippen LogP contribution is 2.20. The SMILES string of the molecule is CSCCC(C)N(C)CCC(O)c1cc(C)cc(C)c1. The van der Waals surface area contributed by atoms with Crippen LogP contribution in [0.5, 0.6) is 0 Å². The van der Waals surface area contributed by atoms with Crippen LogP contribution in [0.2, 0.25) is 0 Å². The highest BCUT2D eigenvalue weighted by atomic mass is 32.2. The molecule has 0 saturated heterocycles. The van der Waals surface area contributed by atoms with Crippen molar-refractivity contribution < 1.29 is 5.11 Å². The van der Waals surface area contributed by atoms with Crippen LogP contribution < -0.4 is 0 Å². The zero-order valence-corrected chi connectivity index (χ0v) is 14.3. The van der Waals surface area contributed by atoms with Crippen molar-refractivity contribution in [1.82, 2.24) is 4.90 Å². The molecule has 0 bridgehead atoms. The van der Waals surface area contributed by atoms with Crippen molar-refractivity contribution >= 4 is 11.8 Å². The van der Waals surface area contributed by atoms with Gasteiger partial charge in [-0.3, -0.25) is 0 Å². The summed E-state index contributed by atoms with van der Waals surface area (Å²) in [6.45, 7) is 7.36. The lowest BCUT2D eigenvalue weighted by molar-refractivity contribution is 0.138. The number of rotatable bonds is 8. The first kappa shape index (κ1) is 17.5. The molecule has 1 rings (SSSR count). The number of aryl methyl sites for hydroxylation is 2. The Morgan fingerprint density at radius 2 is 1.75 bits per heavy atom. The lowest BCUT2D eigenvalue weighted by Gasteiger charge is -2.25. The Hall–Kier alpha value is -0.510. The van der Waals surface area contributed by atoms with Gasteiger partial charge in [-0.15, -0.1) is 0 Å². The van der Waals surface area contributed by atoms with Crippen molar-refractivity contribution in [1.29, 1.82) is 0 Å². The quantitative estimate of drug-likeness (QED) is 0.789. The van der Waals surface area contributed by atoms with Gasteiger partial charge in [0.25, 0.3) is 0 Å². The second-order valence-electron chi connectivity index (χ2n) is 5.84. The van der Waals surface area contributed by atoms with E-state index >= 15 is 0 Å². The maximum absolute atomic E-state index is 10.3. The molecule has 0 aliphatic carbocycles. The van der Waals surface area contributed by atoms with Gasteiger partial charge in [-0.2, -0.15) is 11.8 Å². The maximum atomic E-state index is 10.3. The van der Waals surface area contributed by atoms with E-state index < -0.39 is 0 Å². The minimum Gasteiger partial charge on any atom is -0.388 e. The number of thioether (sulfide) groups is 1. The molecule has 0 spiro atoms. The third-order valence-corrected chi connectivity index (χ3v) is 4.52. The van der Waals surface area contributed by atoms with Crippen molar-refractivity contribution in [3.63, 3.8) is 0 Å². The number of hydrogen-bond acceptors (Lipinski definition) is 3. The molecule has 0 amide bonds. The van der Waals surface area contributed by atoms with E-state index in [4.69, 9.17) is 0 Å². The third kappa shape index (κ3) is 5.86. The van der Waals surface area contributed by atoms with E-state index in [1.807, 2.05) is 11.8 Å². The van der Waals surface area contributed by atoms with Gasteiger partial charge in [0.1, 0.15) is 0 Å². The summed E-state index contributed by atoms with van der Waals surface area (Å²) < 4.78 is 0. The largest absolute Gasteiger partial charge is 0.388 e. The molecule has 1 aromatic rings. The fourth-order valence-electron chi connectivity index (χ4n) is 2.42. The smallest absolute Gasteiger partial charge is 0.0802 e. The molecule has 0 fully saturated rings. The second-order valence-corrected chi connectivity index (χ2v) is 6.82. The second kappa shape index (κ2) is 8.71. The van der Waals surface area contributed by atoms with Crippen molar-refractivity contribution in [3.05, 3.63) is 34.9 Å². The van der Waals surface area contributed by atoms with Gasteiger partial charge >= 0.3 is 0 Å². The van der Waals surface area contributed by atoms with Gasteiger partial charge < -0.3 is 10.0 Å². The van der Waals surface area contributed by atoms with Crippen LogP contribution in [-0.2, 0) is 0 Å². The summed E-state index contributed by atoms with van der Waals surface area (Å²) in [5.74, 6) is 1.20. The van der Waals surface area contributed by atoms with Crippen LogP contribution in [0.1, 0.15) is 42.6 Å². The fourth-order valence-corrected chi connectivity index (χ4v) is 3.00. The predicted molar refractivity (Wildman–Crippen MR) is 90.6 cm³/mol. The van der Waals surface area contributed by atoms with Crippen molar-refractivity contribution in [2.45, 2.75) is 45.8 Å². The zero-order chi connectivity index (χ0) is 15.1. The van der Waals surface area contributed by atoms with E-state index in [-0.39, 0.29) is 6.10 Å². The van der Waals surface area contributed by atoms with Crippen molar-refractivity contribution in [2.75, 3.05) is 25.6 Å². The highest BCUT2D eigenvalue weighted by Gasteiger charge is 2.13. The molecule has 0 aromatic heterocycles. The molecule has 114 valence electrons. The van der Waals surface area contributed by atoms with E-state index in [0.29, 0.717) is 6.04 Å². The van der Waals surface area contributed by atoms with Gasteiger partial charge in [-0.05, 0) is 58.2 Å². The molecular weight excluding hydrogens is 266 g/mol. The Morgan fingerprint density at radius 1 is 1.15 bits per heavy atom. The van der Waals surface area contributed by atoms with Crippen LogP contribution in [-0.4, -0.2) is 41.6 Å². The van der Waals surface area contributed by atoms with Gasteiger partial charge in [0, 0.05) is 12.6 Å². The first-order valence-corrected chi connectivity index (χ1v) is 8.79. The van der Waals surface area contributed by atoms with Crippen LogP contribution in [0.3, 0.4) is 0 Å². The van der Waals surface area contributed by atoms with Gasteiger partial charge in [-0.1, -0.05) is 29.3 Å². The average Bonchev–Trinajstić information content (AvgIpc) is 2.40. The first-order valence-electron chi connectivity index (χ1n) is 7.39. The van der Waals surface area contributed by atoms with E-state index in [1.165, 1.54) is 23.3 Å². The number of nitrogens with zero attached hydrogens (tertiary/aromatic N) is 1. The van der Waals surface area contributed by atoms with E-state index in [9.17, 15) is 5.11 Å². The van der Waals surface area contributed by atoms with E-state index in [1.54, 1.807) is 0 Å². The predicted octanol–water partition coefficient (Wildman–Crippen LogP) is 3.80. The van der Waals surface area contributed by atoms with Gasteiger partial charge in [-0.25, -0.2) is 0 Å². The molecule has 0 aliphatic rings. The molecule has 0 radical (unpaired) electrons. The highest BCUT2D eigenvalue weighted by molar-refractivity contribution is 7.98. The summed E-state index contributed by atoms with van der Waals surface area (Å²) >= 11 is 1.90. The third-order valence-electron chi connectivity index (χ3n) is 3.88. The number of hydrogen-bond donors (Lipinski definition) is 1. The summed E-state index contributed by atoms with van der Waals surface area (Å²) in [6.07, 6.45) is 3.79. The normalized spacial score (nSPS) is 14.6. The standard InChI is InChI=1S/C17H29NOS/c1-13-10-14(2)12-16(11-13)17(19)6-8-18(4)15(3)7-9-20-5/h10-12,15,17,19H,6-9H2,1-5H3. The Labute approximate surface area is 128 Å². The van der Waals surface area contributed by atoms with Crippen molar-refractivity contribution in [2.24, 2.45) is 0 Å². The Kier molecular flexibility index (Phi) is 7.63. The Balaban J connectivity index is 2.47. The van der Waals surface area contributed by atoms with Crippen LogP contribution in [0, 0.1) is 13.8 Å². The molecule has 2 nitrogen and oxygen atoms in total. The molecule has 0 heterocycles. The summed E-state index contributed by atoms with van der Waals surface area (Å²) in [7, 11) is 2.15. The number of aliphatic hydroxyl groups excluding tert-OH is 1. The zero-order valence-electron chi connectivity index (χ0n) is 13.5. The first-order chi connectivity index (χ1) is 9.43. The summed E-state index contributed by atoms with van der Waals surface area (Å²) in [4.78, 5) is 2.35. The molecule has 1 aromatic carbocycles. The van der Waals surface area contributed by atoms with Crippen LogP contribution in [0.25, 0.3) is 0 Å². The molecule has 0 aliphatic heterocycles. The molecule has 2 unspecified atom stereocenters. The van der Waals surface area contributed by atoms with Crippen LogP contribution >= 0.6 is 11.8 Å². The molecular formula is C17H29NOS. The minimum atomic E-state index is -0.358. The molecule has 2 atom stereocenters. The molecule has 1 N–H and O–H groups in total. The monoisotopic (exact) mass is 295 g/mol. The van der Waals surface area contributed by atoms with Crippen LogP contribution in [0.4, 0.5) is 0 Å². The Bertz CT molecular complexity index is 388. The van der Waals surface area contributed by atoms with Gasteiger partial charge in [0.2, 0.25) is 0 Å². The van der Waals surface area contributed by atoms with Gasteiger partial charge in [0.15, 0.2) is 0 Å². The molecule has 3 heteroatoms. The lowest BCUT2D eigenvalue weighted by Crippen LogP contribution is -2.31. The topological polar surface area (TPSA) is 23.5 Å². The maximum Gasteiger partial charge on any atom is 0.0802 e.